The van der Waals surface area contributed by atoms with Crippen LogP contribution in [-0.2, 0) is 28.6 Å². The van der Waals surface area contributed by atoms with Crippen LogP contribution in [0.1, 0.15) is 91.9 Å². The fraction of sp³-hybridized carbons (Fsp3) is 0.870. The average molecular weight is 462 g/mol. The molecular weight excluding hydrogens is 414 g/mol. The van der Waals surface area contributed by atoms with Gasteiger partial charge in [0, 0.05) is 6.42 Å². The fourth-order valence-electron chi connectivity index (χ4n) is 2.74. The molecule has 0 bridgehead atoms. The number of nitrogens with two attached hydrogens (primary N) is 2. The number of carbonyl (C=O) groups is 3. The Labute approximate surface area is 194 Å². The second-order valence-corrected chi connectivity index (χ2v) is 8.46. The van der Waals surface area contributed by atoms with Gasteiger partial charge in [-0.25, -0.2) is 0 Å². The summed E-state index contributed by atoms with van der Waals surface area (Å²) >= 11 is 0. The van der Waals surface area contributed by atoms with Gasteiger partial charge >= 0.3 is 17.9 Å². The Morgan fingerprint density at radius 2 is 1.53 bits per heavy atom. The summed E-state index contributed by atoms with van der Waals surface area (Å²) in [4.78, 5) is 32.7. The summed E-state index contributed by atoms with van der Waals surface area (Å²) < 4.78 is 14.1. The van der Waals surface area contributed by atoms with Crippen molar-refractivity contribution in [3.05, 3.63) is 0 Å². The van der Waals surface area contributed by atoms with Gasteiger partial charge < -0.3 is 14.2 Å². The molecular formula is C23H47N3O6. The van der Waals surface area contributed by atoms with Gasteiger partial charge in [0.25, 0.3) is 0 Å². The predicted molar refractivity (Wildman–Crippen MR) is 125 cm³/mol. The van der Waals surface area contributed by atoms with Crippen molar-refractivity contribution in [3.8, 4) is 0 Å². The molecule has 0 heterocycles. The number of unbranched alkanes of at least 4 members (excludes halogenated alkanes) is 1. The molecule has 0 atom stereocenters. The summed E-state index contributed by atoms with van der Waals surface area (Å²) in [6.07, 6.45) is 9.41. The molecule has 1 saturated carbocycles. The number of rotatable bonds is 11. The van der Waals surface area contributed by atoms with Crippen molar-refractivity contribution in [2.24, 2.45) is 22.8 Å². The van der Waals surface area contributed by atoms with Crippen LogP contribution in [0.4, 0.5) is 0 Å². The smallest absolute Gasteiger partial charge is 0.310 e. The number of carbonyl (C=O) groups excluding carboxylic acids is 3. The lowest BCUT2D eigenvalue weighted by atomic mass is 9.87. The lowest BCUT2D eigenvalue weighted by molar-refractivity contribution is -0.149. The fourth-order valence-corrected chi connectivity index (χ4v) is 2.74. The Kier molecular flexibility index (Phi) is 21.5. The van der Waals surface area contributed by atoms with E-state index in [1.807, 2.05) is 6.92 Å². The van der Waals surface area contributed by atoms with Crippen LogP contribution in [0.2, 0.25) is 0 Å². The third-order valence-electron chi connectivity index (χ3n) is 5.10. The highest BCUT2D eigenvalue weighted by Crippen LogP contribution is 2.25. The second kappa shape index (κ2) is 21.2. The molecule has 9 heteroatoms. The zero-order valence-corrected chi connectivity index (χ0v) is 20.9. The van der Waals surface area contributed by atoms with Crippen LogP contribution in [0.5, 0.6) is 0 Å². The highest BCUT2D eigenvalue weighted by molar-refractivity contribution is 5.72. The van der Waals surface area contributed by atoms with Gasteiger partial charge in [0.2, 0.25) is 0 Å². The molecule has 0 saturated heterocycles. The molecule has 190 valence electrons. The first-order valence-electron chi connectivity index (χ1n) is 11.7. The number of hydrogen-bond donors (Lipinski definition) is 3. The van der Waals surface area contributed by atoms with Gasteiger partial charge in [-0.1, -0.05) is 59.8 Å². The molecule has 1 aliphatic carbocycles. The Balaban J connectivity index is 0. The minimum atomic E-state index is -0.195. The van der Waals surface area contributed by atoms with Gasteiger partial charge in [-0.05, 0) is 31.7 Å². The van der Waals surface area contributed by atoms with Gasteiger partial charge in [-0.2, -0.15) is 0 Å². The van der Waals surface area contributed by atoms with E-state index in [-0.39, 0.29) is 42.7 Å². The van der Waals surface area contributed by atoms with Crippen LogP contribution in [0.15, 0.2) is 0 Å². The average Bonchev–Trinajstić information content (AvgIpc) is 2.78. The standard InChI is InChI=1S/C9H19NO2.C8H15NO2.C6H13NO2/c1-5-9(2,3)6-8(11)12-7-10-4;9-6-11-8(10)7-4-2-1-3-5-7;1-2-3-4-6(8)9-5-7/h10H,5-7H2,1-4H3;7H,1-6,9H2;2-5,7H2,1H3. The van der Waals surface area contributed by atoms with E-state index in [1.165, 1.54) is 6.42 Å². The maximum atomic E-state index is 11.1. The molecule has 9 nitrogen and oxygen atoms in total. The molecule has 1 aliphatic rings. The van der Waals surface area contributed by atoms with Crippen molar-refractivity contribution < 1.29 is 28.6 Å². The molecule has 32 heavy (non-hydrogen) atoms. The van der Waals surface area contributed by atoms with E-state index in [1.54, 1.807) is 7.05 Å². The lowest BCUT2D eigenvalue weighted by Crippen LogP contribution is -2.22. The van der Waals surface area contributed by atoms with E-state index in [0.29, 0.717) is 19.6 Å². The second-order valence-electron chi connectivity index (χ2n) is 8.46. The molecule has 5 N–H and O–H groups in total. The maximum absolute atomic E-state index is 11.1. The van der Waals surface area contributed by atoms with Gasteiger partial charge in [0.15, 0.2) is 0 Å². The Hall–Kier alpha value is -1.71. The first-order valence-corrected chi connectivity index (χ1v) is 11.7. The number of hydrogen-bond acceptors (Lipinski definition) is 9. The van der Waals surface area contributed by atoms with Crippen molar-refractivity contribution in [3.63, 3.8) is 0 Å². The normalized spacial score (nSPS) is 13.6. The van der Waals surface area contributed by atoms with Crippen LogP contribution >= 0.6 is 0 Å². The molecule has 0 aromatic carbocycles. The zero-order chi connectivity index (χ0) is 24.8. The molecule has 0 aliphatic heterocycles. The molecule has 1 fully saturated rings. The number of ether oxygens (including phenoxy) is 3. The SMILES string of the molecule is CCC(C)(C)CC(=O)OCNC.CCCCC(=O)OCN.NCOC(=O)C1CCCCC1. The number of nitrogens with one attached hydrogen (secondary N) is 1. The first-order chi connectivity index (χ1) is 15.2. The monoisotopic (exact) mass is 461 g/mol. The first kappa shape index (κ1) is 32.5. The molecule has 0 amide bonds. The van der Waals surface area contributed by atoms with Crippen LogP contribution < -0.4 is 16.8 Å². The highest BCUT2D eigenvalue weighted by atomic mass is 16.5. The van der Waals surface area contributed by atoms with E-state index in [0.717, 1.165) is 44.9 Å². The van der Waals surface area contributed by atoms with Crippen molar-refractivity contribution >= 4 is 17.9 Å². The van der Waals surface area contributed by atoms with Crippen molar-refractivity contribution in [2.75, 3.05) is 27.2 Å². The van der Waals surface area contributed by atoms with Crippen molar-refractivity contribution in [2.45, 2.75) is 91.9 Å². The van der Waals surface area contributed by atoms with E-state index < -0.39 is 0 Å². The highest BCUT2D eigenvalue weighted by Gasteiger charge is 2.22. The van der Waals surface area contributed by atoms with Crippen LogP contribution in [0.3, 0.4) is 0 Å². The summed E-state index contributed by atoms with van der Waals surface area (Å²) in [5.74, 6) is -0.296. The van der Waals surface area contributed by atoms with Crippen LogP contribution in [0, 0.1) is 11.3 Å². The van der Waals surface area contributed by atoms with E-state index in [9.17, 15) is 14.4 Å². The molecule has 0 aromatic rings. The van der Waals surface area contributed by atoms with Crippen molar-refractivity contribution in [1.29, 1.82) is 0 Å². The summed E-state index contributed by atoms with van der Waals surface area (Å²) in [6.45, 7) is 8.55. The van der Waals surface area contributed by atoms with Gasteiger partial charge in [-0.3, -0.25) is 31.2 Å². The molecule has 0 radical (unpaired) electrons. The van der Waals surface area contributed by atoms with Crippen LogP contribution in [-0.4, -0.2) is 45.1 Å². The quantitative estimate of drug-likeness (QED) is 0.240. The minimum absolute atomic E-state index is 0.00253. The van der Waals surface area contributed by atoms with E-state index in [4.69, 9.17) is 20.9 Å². The minimum Gasteiger partial charge on any atom is -0.450 e. The van der Waals surface area contributed by atoms with Crippen LogP contribution in [0.25, 0.3) is 0 Å². The lowest BCUT2D eigenvalue weighted by Gasteiger charge is -2.20. The Bertz CT molecular complexity index is 494. The molecule has 0 unspecified atom stereocenters. The zero-order valence-electron chi connectivity index (χ0n) is 20.9. The summed E-state index contributed by atoms with van der Waals surface area (Å²) in [5, 5.41) is 2.76. The van der Waals surface area contributed by atoms with Gasteiger partial charge in [-0.15, -0.1) is 0 Å². The Morgan fingerprint density at radius 1 is 0.938 bits per heavy atom. The summed E-state index contributed by atoms with van der Waals surface area (Å²) in [6, 6.07) is 0. The third kappa shape index (κ3) is 20.2. The predicted octanol–water partition coefficient (Wildman–Crippen LogP) is 3.19. The topological polar surface area (TPSA) is 143 Å². The van der Waals surface area contributed by atoms with Gasteiger partial charge in [0.05, 0.1) is 12.3 Å². The van der Waals surface area contributed by atoms with Crippen molar-refractivity contribution in [1.82, 2.24) is 5.32 Å². The van der Waals surface area contributed by atoms with E-state index >= 15 is 0 Å². The Morgan fingerprint density at radius 3 is 2.00 bits per heavy atom. The van der Waals surface area contributed by atoms with E-state index in [2.05, 4.69) is 30.8 Å². The molecule has 1 rings (SSSR count). The summed E-state index contributed by atoms with van der Waals surface area (Å²) in [5.41, 5.74) is 10.1. The largest absolute Gasteiger partial charge is 0.450 e. The molecule has 0 aromatic heterocycles. The summed E-state index contributed by atoms with van der Waals surface area (Å²) in [7, 11) is 1.75. The number of esters is 3. The third-order valence-corrected chi connectivity index (χ3v) is 5.10. The molecule has 0 spiro atoms. The van der Waals surface area contributed by atoms with Gasteiger partial charge in [0.1, 0.15) is 20.2 Å². The maximum Gasteiger partial charge on any atom is 0.310 e.